The first-order chi connectivity index (χ1) is 22.2. The van der Waals surface area contributed by atoms with Crippen LogP contribution in [-0.2, 0) is 38.8 Å². The summed E-state index contributed by atoms with van der Waals surface area (Å²) in [5, 5.41) is -0.137. The van der Waals surface area contributed by atoms with Crippen LogP contribution < -0.4 is 0 Å². The molecule has 2 aromatic heterocycles. The third kappa shape index (κ3) is 7.23. The number of aryl methyl sites for hydroxylation is 3. The Labute approximate surface area is 289 Å². The molecule has 0 saturated carbocycles. The Morgan fingerprint density at radius 2 is 1.83 bits per heavy atom. The van der Waals surface area contributed by atoms with Gasteiger partial charge >= 0.3 is 6.09 Å². The number of aromatic nitrogens is 3. The Morgan fingerprint density at radius 3 is 2.55 bits per heavy atom. The van der Waals surface area contributed by atoms with E-state index in [0.29, 0.717) is 11.6 Å². The van der Waals surface area contributed by atoms with Gasteiger partial charge in [-0.15, -0.1) is 0 Å². The summed E-state index contributed by atoms with van der Waals surface area (Å²) in [6.45, 7) is 8.49. The number of hydrogen-bond donors (Lipinski definition) is 0. The van der Waals surface area contributed by atoms with E-state index in [9.17, 15) is 18.0 Å². The van der Waals surface area contributed by atoms with Crippen molar-refractivity contribution in [3.8, 4) is 0 Å². The van der Waals surface area contributed by atoms with Gasteiger partial charge in [-0.2, -0.15) is 0 Å². The molecule has 2 unspecified atom stereocenters. The average molecular weight is 748 g/mol. The molecule has 0 spiro atoms. The van der Waals surface area contributed by atoms with E-state index in [1.54, 1.807) is 49.0 Å². The molecule has 2 saturated heterocycles. The SMILES string of the molecule is Cc1cncn1CC1CN(C(=O)[C@H]2CN(C3c4ccc(Cl)cc4CCc4cc(Br)cnc43)CCN2C(=O)OC(C)(C)C)CCS1(=O)=O. The highest BCUT2D eigenvalue weighted by atomic mass is 79.9. The molecule has 2 amide bonds. The largest absolute Gasteiger partial charge is 0.444 e. The highest BCUT2D eigenvalue weighted by molar-refractivity contribution is 9.10. The minimum Gasteiger partial charge on any atom is -0.444 e. The smallest absolute Gasteiger partial charge is 0.411 e. The van der Waals surface area contributed by atoms with Crippen LogP contribution in [0.1, 0.15) is 54.9 Å². The van der Waals surface area contributed by atoms with E-state index < -0.39 is 32.8 Å². The van der Waals surface area contributed by atoms with E-state index in [0.717, 1.165) is 45.4 Å². The third-order valence-corrected chi connectivity index (χ3v) is 11.9. The second kappa shape index (κ2) is 13.1. The number of carbonyl (C=O) groups is 2. The normalized spacial score (nSPS) is 23.1. The Morgan fingerprint density at radius 1 is 1.06 bits per heavy atom. The summed E-state index contributed by atoms with van der Waals surface area (Å²) in [7, 11) is -3.45. The fourth-order valence-electron chi connectivity index (χ4n) is 6.81. The van der Waals surface area contributed by atoms with Gasteiger partial charge in [0.25, 0.3) is 0 Å². The van der Waals surface area contributed by atoms with Crippen LogP contribution in [0.25, 0.3) is 0 Å². The summed E-state index contributed by atoms with van der Waals surface area (Å²) >= 11 is 10.0. The maximum Gasteiger partial charge on any atom is 0.411 e. The number of benzene rings is 1. The summed E-state index contributed by atoms with van der Waals surface area (Å²) in [6.07, 6.45) is 6.09. The minimum absolute atomic E-state index is 0.0284. The summed E-state index contributed by atoms with van der Waals surface area (Å²) in [5.74, 6) is -0.445. The highest BCUT2D eigenvalue weighted by Gasteiger charge is 2.45. The van der Waals surface area contributed by atoms with Crippen molar-refractivity contribution < 1.29 is 22.7 Å². The summed E-state index contributed by atoms with van der Waals surface area (Å²) < 4.78 is 34.8. The lowest BCUT2D eigenvalue weighted by molar-refractivity contribution is -0.139. The van der Waals surface area contributed by atoms with E-state index in [2.05, 4.69) is 31.9 Å². The first kappa shape index (κ1) is 33.9. The average Bonchev–Trinajstić information content (AvgIpc) is 3.33. The molecule has 47 heavy (non-hydrogen) atoms. The lowest BCUT2D eigenvalue weighted by atomic mass is 9.95. The number of rotatable bonds is 4. The fourth-order valence-corrected chi connectivity index (χ4v) is 8.98. The number of piperazine rings is 1. The number of fused-ring (bicyclic) bond motifs is 2. The lowest BCUT2D eigenvalue weighted by Gasteiger charge is -2.46. The molecular weight excluding hydrogens is 708 g/mol. The van der Waals surface area contributed by atoms with Crippen LogP contribution in [0.15, 0.2) is 47.5 Å². The predicted octanol–water partition coefficient (Wildman–Crippen LogP) is 4.44. The van der Waals surface area contributed by atoms with Gasteiger partial charge in [0.1, 0.15) is 11.6 Å². The van der Waals surface area contributed by atoms with Crippen molar-refractivity contribution >= 4 is 49.4 Å². The molecule has 3 aliphatic rings. The van der Waals surface area contributed by atoms with Crippen LogP contribution >= 0.6 is 27.5 Å². The van der Waals surface area contributed by atoms with Crippen molar-refractivity contribution in [2.24, 2.45) is 0 Å². The molecule has 0 radical (unpaired) electrons. The molecule has 1 aliphatic carbocycles. The van der Waals surface area contributed by atoms with Gasteiger partial charge in [0.15, 0.2) is 9.84 Å². The van der Waals surface area contributed by atoms with E-state index >= 15 is 0 Å². The van der Waals surface area contributed by atoms with Crippen molar-refractivity contribution in [3.63, 3.8) is 0 Å². The van der Waals surface area contributed by atoms with E-state index in [4.69, 9.17) is 21.3 Å². The van der Waals surface area contributed by atoms with Crippen molar-refractivity contribution in [2.45, 2.75) is 70.0 Å². The van der Waals surface area contributed by atoms with Crippen LogP contribution in [-0.4, -0.2) is 105 Å². The molecule has 0 N–H and O–H groups in total. The molecule has 14 heteroatoms. The molecule has 6 rings (SSSR count). The zero-order valence-electron chi connectivity index (χ0n) is 27.0. The number of nitrogens with zero attached hydrogens (tertiary/aromatic N) is 6. The number of hydrogen-bond acceptors (Lipinski definition) is 8. The molecule has 4 heterocycles. The molecule has 2 aliphatic heterocycles. The highest BCUT2D eigenvalue weighted by Crippen LogP contribution is 2.39. The number of sulfone groups is 1. The van der Waals surface area contributed by atoms with Gasteiger partial charge < -0.3 is 14.2 Å². The molecular formula is C33H40BrClN6O5S. The summed E-state index contributed by atoms with van der Waals surface area (Å²) in [5.41, 5.74) is 4.28. The van der Waals surface area contributed by atoms with Crippen LogP contribution in [0.5, 0.6) is 0 Å². The maximum absolute atomic E-state index is 14.5. The van der Waals surface area contributed by atoms with Crippen LogP contribution in [0.4, 0.5) is 4.79 Å². The predicted molar refractivity (Wildman–Crippen MR) is 182 cm³/mol. The van der Waals surface area contributed by atoms with Crippen molar-refractivity contribution in [3.05, 3.63) is 80.6 Å². The standard InChI is InChI=1S/C33H40BrClN6O5S/c1-21-15-36-20-40(21)18-26-17-39(11-12-47(26,44)45)31(42)28-19-38(9-10-41(28)32(43)46-33(2,3)4)30-27-8-7-25(35)14-22(27)5-6-23-13-24(34)16-37-29(23)30/h7-8,13-16,20,26,28,30H,5-6,9-12,17-19H2,1-4H3/t26?,28-,30?/m1/s1. The Hall–Kier alpha value is -3.00. The summed E-state index contributed by atoms with van der Waals surface area (Å²) in [4.78, 5) is 42.5. The van der Waals surface area contributed by atoms with Crippen LogP contribution in [0, 0.1) is 6.92 Å². The van der Waals surface area contributed by atoms with Gasteiger partial charge in [-0.05, 0) is 91.4 Å². The number of halogens is 2. The maximum atomic E-state index is 14.5. The Kier molecular flexibility index (Phi) is 9.47. The first-order valence-electron chi connectivity index (χ1n) is 15.8. The van der Waals surface area contributed by atoms with E-state index in [1.165, 1.54) is 4.90 Å². The zero-order valence-corrected chi connectivity index (χ0v) is 30.2. The summed E-state index contributed by atoms with van der Waals surface area (Å²) in [6, 6.07) is 6.85. The third-order valence-electron chi connectivity index (χ3n) is 9.19. The lowest BCUT2D eigenvalue weighted by Crippen LogP contribution is -2.64. The minimum atomic E-state index is -3.45. The van der Waals surface area contributed by atoms with Crippen molar-refractivity contribution in [1.82, 2.24) is 29.2 Å². The van der Waals surface area contributed by atoms with Gasteiger partial charge in [0, 0.05) is 66.9 Å². The van der Waals surface area contributed by atoms with Gasteiger partial charge in [0.05, 0.1) is 29.1 Å². The van der Waals surface area contributed by atoms with Gasteiger partial charge in [-0.3, -0.25) is 19.6 Å². The van der Waals surface area contributed by atoms with Gasteiger partial charge in [-0.1, -0.05) is 17.7 Å². The van der Waals surface area contributed by atoms with Gasteiger partial charge in [0.2, 0.25) is 5.91 Å². The second-order valence-electron chi connectivity index (χ2n) is 13.6. The van der Waals surface area contributed by atoms with Crippen molar-refractivity contribution in [1.29, 1.82) is 0 Å². The number of ether oxygens (including phenoxy) is 1. The van der Waals surface area contributed by atoms with E-state index in [-0.39, 0.29) is 50.4 Å². The monoisotopic (exact) mass is 746 g/mol. The Bertz CT molecular complexity index is 1740. The molecule has 1 aromatic carbocycles. The van der Waals surface area contributed by atoms with Gasteiger partial charge in [-0.25, -0.2) is 18.2 Å². The quantitative estimate of drug-likeness (QED) is 0.385. The number of amides is 2. The van der Waals surface area contributed by atoms with Crippen molar-refractivity contribution in [2.75, 3.05) is 38.5 Å². The Balaban J connectivity index is 1.35. The number of pyridine rings is 1. The molecule has 3 aromatic rings. The second-order valence-corrected chi connectivity index (χ2v) is 17.3. The number of imidazole rings is 1. The molecule has 252 valence electrons. The number of carbonyl (C=O) groups excluding carboxylic acids is 2. The zero-order chi connectivity index (χ0) is 33.7. The van der Waals surface area contributed by atoms with Crippen LogP contribution in [0.2, 0.25) is 5.02 Å². The van der Waals surface area contributed by atoms with E-state index in [1.807, 2.05) is 25.1 Å². The molecule has 2 fully saturated rings. The topological polar surface area (TPSA) is 118 Å². The molecule has 0 bridgehead atoms. The first-order valence-corrected chi connectivity index (χ1v) is 18.7. The van der Waals surface area contributed by atoms with Crippen LogP contribution in [0.3, 0.4) is 0 Å². The fraction of sp³-hybridized carbons (Fsp3) is 0.515. The molecule has 3 atom stereocenters. The molecule has 11 nitrogen and oxygen atoms in total.